The van der Waals surface area contributed by atoms with Crippen LogP contribution in [0.4, 0.5) is 0 Å². The Morgan fingerprint density at radius 3 is 3.00 bits per heavy atom. The number of rotatable bonds is 3. The fourth-order valence-corrected chi connectivity index (χ4v) is 5.66. The Bertz CT molecular complexity index is 412. The summed E-state index contributed by atoms with van der Waals surface area (Å²) in [7, 11) is 0. The van der Waals surface area contributed by atoms with Crippen molar-refractivity contribution in [3.8, 4) is 0 Å². The fraction of sp³-hybridized carbons (Fsp3) is 0.714. The van der Waals surface area contributed by atoms with Crippen LogP contribution in [0.1, 0.15) is 30.6 Å². The van der Waals surface area contributed by atoms with E-state index in [-0.39, 0.29) is 5.60 Å². The Hall–Kier alpha value is 0.450. The Kier molecular flexibility index (Phi) is 4.91. The van der Waals surface area contributed by atoms with Crippen LogP contribution >= 0.6 is 39.0 Å². The molecule has 1 spiro atoms. The van der Waals surface area contributed by atoms with E-state index < -0.39 is 0 Å². The molecular weight excluding hydrogens is 342 g/mol. The second-order valence-corrected chi connectivity index (χ2v) is 8.49. The molecule has 1 N–H and O–H groups in total. The first-order valence-electron chi connectivity index (χ1n) is 6.94. The Balaban J connectivity index is 1.55. The van der Waals surface area contributed by atoms with E-state index in [9.17, 15) is 0 Å². The van der Waals surface area contributed by atoms with Crippen LogP contribution in [0, 0.1) is 0 Å². The van der Waals surface area contributed by atoms with Gasteiger partial charge in [-0.1, -0.05) is 0 Å². The van der Waals surface area contributed by atoms with Crippen LogP contribution in [-0.4, -0.2) is 29.8 Å². The third-order valence-electron chi connectivity index (χ3n) is 4.14. The minimum Gasteiger partial charge on any atom is -0.375 e. The lowest BCUT2D eigenvalue weighted by Gasteiger charge is -2.43. The maximum Gasteiger partial charge on any atom is 0.0713 e. The van der Waals surface area contributed by atoms with Crippen LogP contribution in [0.25, 0.3) is 0 Å². The largest absolute Gasteiger partial charge is 0.375 e. The summed E-state index contributed by atoms with van der Waals surface area (Å²) in [5, 5.41) is 5.87. The Morgan fingerprint density at radius 2 is 2.26 bits per heavy atom. The van der Waals surface area contributed by atoms with Gasteiger partial charge in [0.2, 0.25) is 0 Å². The quantitative estimate of drug-likeness (QED) is 0.877. The summed E-state index contributed by atoms with van der Waals surface area (Å²) >= 11 is 7.50. The van der Waals surface area contributed by atoms with Gasteiger partial charge in [-0.2, -0.15) is 11.8 Å². The van der Waals surface area contributed by atoms with Crippen molar-refractivity contribution in [2.45, 2.75) is 43.9 Å². The minimum atomic E-state index is 0.188. The molecule has 0 aliphatic carbocycles. The molecule has 2 saturated heterocycles. The van der Waals surface area contributed by atoms with E-state index in [1.807, 2.05) is 11.3 Å². The number of hydrogen-bond acceptors (Lipinski definition) is 4. The number of hydrogen-bond donors (Lipinski definition) is 1. The van der Waals surface area contributed by atoms with Gasteiger partial charge < -0.3 is 10.1 Å². The molecule has 19 heavy (non-hydrogen) atoms. The first-order chi connectivity index (χ1) is 9.27. The molecule has 1 atom stereocenters. The van der Waals surface area contributed by atoms with Crippen LogP contribution < -0.4 is 5.32 Å². The second-order valence-electron chi connectivity index (χ2n) is 5.41. The van der Waals surface area contributed by atoms with E-state index in [0.717, 1.165) is 19.6 Å². The van der Waals surface area contributed by atoms with Crippen molar-refractivity contribution in [1.29, 1.82) is 0 Å². The minimum absolute atomic E-state index is 0.188. The highest BCUT2D eigenvalue weighted by Gasteiger charge is 2.38. The molecule has 0 saturated carbocycles. The van der Waals surface area contributed by atoms with Gasteiger partial charge in [0.1, 0.15) is 0 Å². The maximum absolute atomic E-state index is 6.14. The third kappa shape index (κ3) is 3.56. The lowest BCUT2D eigenvalue weighted by Crippen LogP contribution is -2.48. The van der Waals surface area contributed by atoms with Gasteiger partial charge in [0, 0.05) is 28.5 Å². The average Bonchev–Trinajstić information content (AvgIpc) is 2.83. The molecule has 106 valence electrons. The first kappa shape index (κ1) is 14.4. The molecule has 2 nitrogen and oxygen atoms in total. The second kappa shape index (κ2) is 6.48. The predicted octanol–water partition coefficient (Wildman–Crippen LogP) is 4.05. The van der Waals surface area contributed by atoms with E-state index >= 15 is 0 Å². The van der Waals surface area contributed by atoms with Gasteiger partial charge in [-0.25, -0.2) is 0 Å². The fourth-order valence-electron chi connectivity index (χ4n) is 2.98. The number of thioether (sulfide) groups is 1. The van der Waals surface area contributed by atoms with Crippen LogP contribution in [0.5, 0.6) is 0 Å². The zero-order valence-electron chi connectivity index (χ0n) is 11.0. The van der Waals surface area contributed by atoms with Gasteiger partial charge in [-0.15, -0.1) is 11.3 Å². The number of nitrogens with one attached hydrogen (secondary N) is 1. The van der Waals surface area contributed by atoms with Gasteiger partial charge in [0.15, 0.2) is 0 Å². The molecule has 2 aliphatic rings. The average molecular weight is 362 g/mol. The highest BCUT2D eigenvalue weighted by molar-refractivity contribution is 9.10. The van der Waals surface area contributed by atoms with Gasteiger partial charge in [0.05, 0.1) is 5.60 Å². The van der Waals surface area contributed by atoms with Crippen LogP contribution in [0.2, 0.25) is 0 Å². The monoisotopic (exact) mass is 361 g/mol. The normalized spacial score (nSPS) is 26.7. The molecule has 0 radical (unpaired) electrons. The summed E-state index contributed by atoms with van der Waals surface area (Å²) in [6.07, 6.45) is 4.81. The lowest BCUT2D eigenvalue weighted by molar-refractivity contribution is -0.0933. The van der Waals surface area contributed by atoms with E-state index in [2.05, 4.69) is 44.5 Å². The van der Waals surface area contributed by atoms with Crippen LogP contribution in [0.3, 0.4) is 0 Å². The van der Waals surface area contributed by atoms with E-state index in [1.54, 1.807) is 0 Å². The van der Waals surface area contributed by atoms with Crippen molar-refractivity contribution in [2.24, 2.45) is 0 Å². The summed E-state index contributed by atoms with van der Waals surface area (Å²) < 4.78 is 7.37. The standard InChI is InChI=1S/C14H20BrNOS2/c15-12-2-6-19-13(12)10-16-11-1-5-17-14(9-11)3-7-18-8-4-14/h2,6,11,16H,1,3-5,7-10H2. The molecule has 2 aliphatic heterocycles. The molecule has 1 aromatic rings. The van der Waals surface area contributed by atoms with E-state index in [4.69, 9.17) is 4.74 Å². The summed E-state index contributed by atoms with van der Waals surface area (Å²) in [4.78, 5) is 1.40. The molecule has 0 aromatic carbocycles. The lowest BCUT2D eigenvalue weighted by atomic mass is 9.85. The summed E-state index contributed by atoms with van der Waals surface area (Å²) in [5.41, 5.74) is 0.188. The van der Waals surface area contributed by atoms with Gasteiger partial charge in [-0.05, 0) is 64.6 Å². The molecule has 3 heterocycles. The molecule has 5 heteroatoms. The number of thiophene rings is 1. The Labute approximate surface area is 131 Å². The maximum atomic E-state index is 6.14. The molecule has 2 fully saturated rings. The van der Waals surface area contributed by atoms with Crippen LogP contribution in [-0.2, 0) is 11.3 Å². The zero-order valence-corrected chi connectivity index (χ0v) is 14.2. The SMILES string of the molecule is Brc1ccsc1CNC1CCOC2(CCSCC2)C1. The molecule has 1 aromatic heterocycles. The topological polar surface area (TPSA) is 21.3 Å². The number of halogens is 1. The van der Waals surface area contributed by atoms with E-state index in [1.165, 1.54) is 40.1 Å². The predicted molar refractivity (Wildman–Crippen MR) is 87.1 cm³/mol. The first-order valence-corrected chi connectivity index (χ1v) is 9.77. The number of ether oxygens (including phenoxy) is 1. The molecule has 3 rings (SSSR count). The van der Waals surface area contributed by atoms with Crippen LogP contribution in [0.15, 0.2) is 15.9 Å². The summed E-state index contributed by atoms with van der Waals surface area (Å²) in [5.74, 6) is 2.53. The third-order valence-corrected chi connectivity index (χ3v) is 7.05. The molecule has 0 bridgehead atoms. The van der Waals surface area contributed by atoms with Crippen molar-refractivity contribution in [2.75, 3.05) is 18.1 Å². The zero-order chi connectivity index (χ0) is 13.1. The van der Waals surface area contributed by atoms with Crippen molar-refractivity contribution in [3.05, 3.63) is 20.8 Å². The van der Waals surface area contributed by atoms with Crippen molar-refractivity contribution in [3.63, 3.8) is 0 Å². The van der Waals surface area contributed by atoms with Crippen molar-refractivity contribution in [1.82, 2.24) is 5.32 Å². The smallest absolute Gasteiger partial charge is 0.0713 e. The highest BCUT2D eigenvalue weighted by atomic mass is 79.9. The molecular formula is C14H20BrNOS2. The van der Waals surface area contributed by atoms with Crippen molar-refractivity contribution < 1.29 is 4.74 Å². The molecule has 0 amide bonds. The van der Waals surface area contributed by atoms with E-state index in [0.29, 0.717) is 6.04 Å². The highest BCUT2D eigenvalue weighted by Crippen LogP contribution is 2.37. The Morgan fingerprint density at radius 1 is 1.42 bits per heavy atom. The van der Waals surface area contributed by atoms with Gasteiger partial charge in [-0.3, -0.25) is 0 Å². The van der Waals surface area contributed by atoms with Gasteiger partial charge >= 0.3 is 0 Å². The summed E-state index contributed by atoms with van der Waals surface area (Å²) in [6, 6.07) is 2.75. The van der Waals surface area contributed by atoms with Crippen molar-refractivity contribution >= 4 is 39.0 Å². The molecule has 1 unspecified atom stereocenters. The summed E-state index contributed by atoms with van der Waals surface area (Å²) in [6.45, 7) is 1.90. The van der Waals surface area contributed by atoms with Gasteiger partial charge in [0.25, 0.3) is 0 Å².